The van der Waals surface area contributed by atoms with Crippen LogP contribution in [0.1, 0.15) is 0 Å². The molecule has 0 radical (unpaired) electrons. The standard InChI is InChI=1S/C12H13F13N2O7S/c13-7(14,4-34-35(32,33)27-5(31)26-6(1-28,2-29)3-30)8(15,16)9(17,18)10(19,20)11(21,22)12(23,24)25/h28-30H,1-4H2,(H2,26,27,31). The third-order valence-corrected chi connectivity index (χ3v) is 4.76. The number of aliphatic hydroxyl groups is 3. The molecule has 23 heteroatoms. The molecule has 9 nitrogen and oxygen atoms in total. The number of nitrogens with one attached hydrogen (secondary N) is 2. The number of hydrogen-bond donors (Lipinski definition) is 5. The lowest BCUT2D eigenvalue weighted by atomic mass is 9.94. The van der Waals surface area contributed by atoms with Gasteiger partial charge in [0.2, 0.25) is 0 Å². The number of aliphatic hydroxyl groups excluding tert-OH is 3. The van der Waals surface area contributed by atoms with Crippen molar-refractivity contribution < 1.29 is 89.8 Å². The van der Waals surface area contributed by atoms with Crippen molar-refractivity contribution in [3.63, 3.8) is 0 Å². The monoisotopic (exact) mass is 576 g/mol. The Labute approximate surface area is 185 Å². The molecule has 0 spiro atoms. The zero-order valence-electron chi connectivity index (χ0n) is 16.1. The second-order valence-corrected chi connectivity index (χ2v) is 7.88. The first-order valence-electron chi connectivity index (χ1n) is 8.02. The Hall–Kier alpha value is -1.85. The minimum Gasteiger partial charge on any atom is -0.394 e. The highest BCUT2D eigenvalue weighted by Gasteiger charge is 2.90. The normalized spacial score (nSPS) is 15.2. The van der Waals surface area contributed by atoms with Gasteiger partial charge in [-0.3, -0.25) is 0 Å². The molecule has 0 heterocycles. The number of hydrogen-bond acceptors (Lipinski definition) is 7. The van der Waals surface area contributed by atoms with Crippen LogP contribution in [0.2, 0.25) is 0 Å². The van der Waals surface area contributed by atoms with Crippen LogP contribution in [0.3, 0.4) is 0 Å². The lowest BCUT2D eigenvalue weighted by molar-refractivity contribution is -0.440. The van der Waals surface area contributed by atoms with E-state index in [1.165, 1.54) is 5.32 Å². The highest BCUT2D eigenvalue weighted by Crippen LogP contribution is 2.60. The van der Waals surface area contributed by atoms with E-state index in [-0.39, 0.29) is 0 Å². The first-order chi connectivity index (χ1) is 15.2. The molecule has 0 aliphatic rings. The molecule has 0 aliphatic heterocycles. The summed E-state index contributed by atoms with van der Waals surface area (Å²) in [5.41, 5.74) is -2.38. The first-order valence-corrected chi connectivity index (χ1v) is 9.42. The van der Waals surface area contributed by atoms with Crippen molar-refractivity contribution in [2.75, 3.05) is 26.4 Å². The summed E-state index contributed by atoms with van der Waals surface area (Å²) in [4.78, 5) is 11.4. The van der Waals surface area contributed by atoms with Gasteiger partial charge in [-0.1, -0.05) is 0 Å². The fraction of sp³-hybridized carbons (Fsp3) is 0.917. The molecule has 0 atom stereocenters. The predicted molar refractivity (Wildman–Crippen MR) is 81.3 cm³/mol. The summed E-state index contributed by atoms with van der Waals surface area (Å²) in [7, 11) is -6.08. The van der Waals surface area contributed by atoms with Gasteiger partial charge in [-0.2, -0.15) is 65.5 Å². The number of carbonyl (C=O) groups is 1. The Bertz CT molecular complexity index is 851. The quantitative estimate of drug-likeness (QED) is 0.218. The van der Waals surface area contributed by atoms with Crippen LogP contribution < -0.4 is 10.0 Å². The molecule has 5 N–H and O–H groups in total. The maximum atomic E-state index is 13.5. The zero-order valence-corrected chi connectivity index (χ0v) is 16.9. The summed E-state index contributed by atoms with van der Waals surface area (Å²) in [6.45, 7) is -7.52. The number of halogens is 13. The largest absolute Gasteiger partial charge is 0.460 e. The average Bonchev–Trinajstić information content (AvgIpc) is 2.69. The van der Waals surface area contributed by atoms with E-state index in [0.29, 0.717) is 4.72 Å². The Kier molecular flexibility index (Phi) is 9.37. The number of amides is 2. The third kappa shape index (κ3) is 6.11. The van der Waals surface area contributed by atoms with Crippen molar-refractivity contribution in [3.05, 3.63) is 0 Å². The van der Waals surface area contributed by atoms with Crippen LogP contribution in [0.4, 0.5) is 61.9 Å². The summed E-state index contributed by atoms with van der Waals surface area (Å²) < 4.78 is 194. The molecule has 35 heavy (non-hydrogen) atoms. The summed E-state index contributed by atoms with van der Waals surface area (Å²) in [6.07, 6.45) is -7.63. The Morgan fingerprint density at radius 2 is 1.06 bits per heavy atom. The molecule has 0 saturated carbocycles. The first kappa shape index (κ1) is 33.1. The molecule has 210 valence electrons. The van der Waals surface area contributed by atoms with E-state index >= 15 is 0 Å². The van der Waals surface area contributed by atoms with Gasteiger partial charge >= 0.3 is 52.1 Å². The van der Waals surface area contributed by atoms with Crippen LogP contribution in [0.25, 0.3) is 0 Å². The van der Waals surface area contributed by atoms with Crippen LogP contribution in [0.5, 0.6) is 0 Å². The molecule has 0 aromatic heterocycles. The van der Waals surface area contributed by atoms with Crippen LogP contribution in [-0.2, 0) is 14.5 Å². The Morgan fingerprint density at radius 1 is 0.686 bits per heavy atom. The molecule has 0 aliphatic carbocycles. The number of alkyl halides is 13. The van der Waals surface area contributed by atoms with Gasteiger partial charge in [0.25, 0.3) is 0 Å². The molecule has 2 amide bonds. The van der Waals surface area contributed by atoms with Gasteiger partial charge in [0.05, 0.1) is 19.8 Å². The van der Waals surface area contributed by atoms with Gasteiger partial charge in [0.15, 0.2) is 0 Å². The maximum Gasteiger partial charge on any atom is 0.460 e. The second-order valence-electron chi connectivity index (χ2n) is 6.53. The number of carbonyl (C=O) groups excluding carboxylic acids is 1. The molecule has 0 bridgehead atoms. The predicted octanol–water partition coefficient (Wildman–Crippen LogP) is 1.00. The van der Waals surface area contributed by atoms with Gasteiger partial charge in [0.1, 0.15) is 12.1 Å². The topological polar surface area (TPSA) is 145 Å². The van der Waals surface area contributed by atoms with E-state index in [0.717, 1.165) is 0 Å². The van der Waals surface area contributed by atoms with Gasteiger partial charge in [-0.15, -0.1) is 0 Å². The van der Waals surface area contributed by atoms with Gasteiger partial charge in [-0.25, -0.2) is 13.7 Å². The van der Waals surface area contributed by atoms with Gasteiger partial charge in [0, 0.05) is 0 Å². The van der Waals surface area contributed by atoms with E-state index in [2.05, 4.69) is 4.18 Å². The Morgan fingerprint density at radius 3 is 1.40 bits per heavy atom. The van der Waals surface area contributed by atoms with E-state index in [4.69, 9.17) is 15.3 Å². The molecular formula is C12H13F13N2O7S. The molecule has 0 aromatic carbocycles. The third-order valence-electron chi connectivity index (χ3n) is 3.90. The highest BCUT2D eigenvalue weighted by atomic mass is 32.2. The molecule has 0 fully saturated rings. The highest BCUT2D eigenvalue weighted by molar-refractivity contribution is 7.85. The van der Waals surface area contributed by atoms with E-state index < -0.39 is 84.1 Å². The van der Waals surface area contributed by atoms with Gasteiger partial charge < -0.3 is 20.6 Å². The van der Waals surface area contributed by atoms with E-state index in [1.807, 2.05) is 0 Å². The van der Waals surface area contributed by atoms with Crippen LogP contribution in [-0.4, -0.2) is 97.5 Å². The molecule has 0 saturated heterocycles. The summed E-state index contributed by atoms with van der Waals surface area (Å²) in [6, 6.07) is -2.15. The smallest absolute Gasteiger partial charge is 0.394 e. The fourth-order valence-corrected chi connectivity index (χ4v) is 2.36. The molecular weight excluding hydrogens is 563 g/mol. The lowest BCUT2D eigenvalue weighted by Gasteiger charge is -2.39. The lowest BCUT2D eigenvalue weighted by Crippen LogP contribution is -2.70. The number of rotatable bonds is 12. The van der Waals surface area contributed by atoms with Crippen molar-refractivity contribution in [1.29, 1.82) is 0 Å². The average molecular weight is 576 g/mol. The van der Waals surface area contributed by atoms with Crippen LogP contribution in [0.15, 0.2) is 0 Å². The summed E-state index contributed by atoms with van der Waals surface area (Å²) in [5, 5.41) is 28.0. The van der Waals surface area contributed by atoms with Crippen molar-refractivity contribution >= 4 is 16.3 Å². The van der Waals surface area contributed by atoms with Gasteiger partial charge in [-0.05, 0) is 0 Å². The van der Waals surface area contributed by atoms with Crippen molar-refractivity contribution in [2.24, 2.45) is 0 Å². The molecule has 0 unspecified atom stereocenters. The zero-order chi connectivity index (χ0) is 28.5. The van der Waals surface area contributed by atoms with E-state index in [1.54, 1.807) is 0 Å². The Balaban J connectivity index is 5.83. The SMILES string of the molecule is O=C(NC(CO)(CO)CO)NS(=O)(=O)OCC(F)(F)C(F)(F)C(F)(F)C(F)(F)C(F)(F)C(F)(F)F. The molecule has 0 rings (SSSR count). The van der Waals surface area contributed by atoms with Crippen LogP contribution >= 0.6 is 0 Å². The summed E-state index contributed by atoms with van der Waals surface area (Å²) in [5.74, 6) is -39.1. The van der Waals surface area contributed by atoms with E-state index in [9.17, 15) is 70.3 Å². The summed E-state index contributed by atoms with van der Waals surface area (Å²) >= 11 is 0. The minimum atomic E-state index is -8.20. The van der Waals surface area contributed by atoms with Crippen molar-refractivity contribution in [1.82, 2.24) is 10.0 Å². The minimum absolute atomic E-state index is 0.536. The fourth-order valence-electron chi connectivity index (χ4n) is 1.72. The van der Waals surface area contributed by atoms with Crippen LogP contribution in [0, 0.1) is 0 Å². The molecule has 0 aromatic rings. The maximum absolute atomic E-state index is 13.5. The van der Waals surface area contributed by atoms with Crippen molar-refractivity contribution in [3.8, 4) is 0 Å². The second kappa shape index (κ2) is 9.89. The van der Waals surface area contributed by atoms with Crippen molar-refractivity contribution in [2.45, 2.75) is 41.3 Å². The number of urea groups is 1.